The summed E-state index contributed by atoms with van der Waals surface area (Å²) in [5.41, 5.74) is 10.8. The minimum Gasteiger partial charge on any atom is -0.493 e. The monoisotopic (exact) mass is 352 g/mol. The van der Waals surface area contributed by atoms with E-state index in [-0.39, 0.29) is 0 Å². The number of anilines is 1. The smallest absolute Gasteiger partial charge is 0.166 e. The highest BCUT2D eigenvalue weighted by Gasteiger charge is 2.17. The first-order valence-corrected chi connectivity index (χ1v) is 8.23. The molecule has 0 amide bonds. The van der Waals surface area contributed by atoms with Gasteiger partial charge in [-0.2, -0.15) is 0 Å². The van der Waals surface area contributed by atoms with Gasteiger partial charge in [-0.15, -0.1) is 0 Å². The number of pyridine rings is 2. The Kier molecular flexibility index (Phi) is 3.54. The van der Waals surface area contributed by atoms with Crippen LogP contribution >= 0.6 is 11.6 Å². The van der Waals surface area contributed by atoms with E-state index in [4.69, 9.17) is 22.1 Å². The molecule has 0 saturated carbocycles. The van der Waals surface area contributed by atoms with E-state index < -0.39 is 0 Å². The summed E-state index contributed by atoms with van der Waals surface area (Å²) in [6.07, 6.45) is 1.82. The summed E-state index contributed by atoms with van der Waals surface area (Å²) < 4.78 is 7.35. The number of hydrogen-bond donors (Lipinski definition) is 1. The van der Waals surface area contributed by atoms with E-state index in [0.717, 1.165) is 38.8 Å². The van der Waals surface area contributed by atoms with Crippen LogP contribution in [0.5, 0.6) is 5.75 Å². The first kappa shape index (κ1) is 15.7. The number of nitrogens with zero attached hydrogens (tertiary/aromatic N) is 3. The number of nitrogen functional groups attached to an aromatic ring is 1. The predicted octanol–water partition coefficient (Wildman–Crippen LogP) is 4.34. The normalized spacial score (nSPS) is 11.4. The zero-order valence-electron chi connectivity index (χ0n) is 14.2. The first-order valence-electron chi connectivity index (χ1n) is 7.85. The van der Waals surface area contributed by atoms with Gasteiger partial charge in [0.15, 0.2) is 11.6 Å². The predicted molar refractivity (Wildman–Crippen MR) is 102 cm³/mol. The van der Waals surface area contributed by atoms with E-state index in [1.54, 1.807) is 7.11 Å². The van der Waals surface area contributed by atoms with E-state index in [1.165, 1.54) is 0 Å². The van der Waals surface area contributed by atoms with Gasteiger partial charge in [0.25, 0.3) is 0 Å². The largest absolute Gasteiger partial charge is 0.493 e. The first-order chi connectivity index (χ1) is 12.0. The maximum Gasteiger partial charge on any atom is 0.166 e. The van der Waals surface area contributed by atoms with E-state index in [9.17, 15) is 0 Å². The fraction of sp³-hybridized carbons (Fsp3) is 0.158. The number of nitrogens with two attached hydrogens (primary N) is 1. The highest BCUT2D eigenvalue weighted by Crippen LogP contribution is 2.38. The molecule has 0 radical (unpaired) electrons. The summed E-state index contributed by atoms with van der Waals surface area (Å²) in [5, 5.41) is 2.84. The van der Waals surface area contributed by atoms with Crippen molar-refractivity contribution in [1.82, 2.24) is 14.5 Å². The summed E-state index contributed by atoms with van der Waals surface area (Å²) >= 11 is 6.41. The summed E-state index contributed by atoms with van der Waals surface area (Å²) in [6.45, 7) is 2.01. The van der Waals surface area contributed by atoms with Crippen molar-refractivity contribution < 1.29 is 4.74 Å². The van der Waals surface area contributed by atoms with Crippen molar-refractivity contribution in [2.45, 2.75) is 6.92 Å². The summed E-state index contributed by atoms with van der Waals surface area (Å²) in [7, 11) is 3.61. The molecule has 126 valence electrons. The Morgan fingerprint density at radius 2 is 1.92 bits per heavy atom. The fourth-order valence-electron chi connectivity index (χ4n) is 3.46. The van der Waals surface area contributed by atoms with Crippen molar-refractivity contribution in [1.29, 1.82) is 0 Å². The number of benzene rings is 1. The molecule has 0 bridgehead atoms. The minimum absolute atomic E-state index is 0.352. The molecule has 3 aromatic heterocycles. The molecule has 4 aromatic rings. The molecule has 25 heavy (non-hydrogen) atoms. The van der Waals surface area contributed by atoms with Gasteiger partial charge in [0.2, 0.25) is 0 Å². The molecule has 0 aliphatic heterocycles. The fourth-order valence-corrected chi connectivity index (χ4v) is 3.68. The quantitative estimate of drug-likeness (QED) is 0.582. The molecule has 4 rings (SSSR count). The van der Waals surface area contributed by atoms with Gasteiger partial charge in [0.05, 0.1) is 29.5 Å². The van der Waals surface area contributed by atoms with Gasteiger partial charge in [-0.3, -0.25) is 4.98 Å². The van der Waals surface area contributed by atoms with Gasteiger partial charge in [-0.05, 0) is 37.3 Å². The van der Waals surface area contributed by atoms with Gasteiger partial charge in [0, 0.05) is 34.6 Å². The Morgan fingerprint density at radius 3 is 2.64 bits per heavy atom. The molecule has 0 saturated heterocycles. The third-order valence-electron chi connectivity index (χ3n) is 4.52. The average molecular weight is 353 g/mol. The maximum absolute atomic E-state index is 6.41. The van der Waals surface area contributed by atoms with E-state index in [0.29, 0.717) is 16.6 Å². The van der Waals surface area contributed by atoms with Crippen LogP contribution in [0.4, 0.5) is 5.82 Å². The van der Waals surface area contributed by atoms with E-state index >= 15 is 0 Å². The Labute approximate surface area is 150 Å². The van der Waals surface area contributed by atoms with Gasteiger partial charge in [-0.1, -0.05) is 11.6 Å². The average Bonchev–Trinajstić information content (AvgIpc) is 2.88. The molecular formula is C19H17ClN4O. The van der Waals surface area contributed by atoms with Gasteiger partial charge in [-0.25, -0.2) is 4.98 Å². The van der Waals surface area contributed by atoms with Gasteiger partial charge < -0.3 is 15.0 Å². The van der Waals surface area contributed by atoms with Crippen molar-refractivity contribution in [3.8, 4) is 17.0 Å². The van der Waals surface area contributed by atoms with Crippen LogP contribution in [0.1, 0.15) is 5.69 Å². The number of halogens is 1. The zero-order valence-corrected chi connectivity index (χ0v) is 14.9. The topological polar surface area (TPSA) is 66.0 Å². The van der Waals surface area contributed by atoms with Crippen LogP contribution in [-0.2, 0) is 7.05 Å². The van der Waals surface area contributed by atoms with Crippen LogP contribution < -0.4 is 10.5 Å². The van der Waals surface area contributed by atoms with Crippen molar-refractivity contribution in [3.63, 3.8) is 0 Å². The van der Waals surface area contributed by atoms with Crippen molar-refractivity contribution in [3.05, 3.63) is 47.2 Å². The lowest BCUT2D eigenvalue weighted by atomic mass is 10.1. The second kappa shape index (κ2) is 5.63. The van der Waals surface area contributed by atoms with Crippen molar-refractivity contribution >= 4 is 39.2 Å². The Bertz CT molecular complexity index is 1130. The molecule has 0 unspecified atom stereocenters. The SMILES string of the molecule is COc1ccc(-c2cc(Cl)cc3c4ccnc(C)c4n(C)c23)nc1N. The highest BCUT2D eigenvalue weighted by molar-refractivity contribution is 6.32. The molecule has 1 aromatic carbocycles. The lowest BCUT2D eigenvalue weighted by Crippen LogP contribution is -1.98. The Hall–Kier alpha value is -2.79. The molecule has 5 nitrogen and oxygen atoms in total. The standard InChI is InChI=1S/C19H17ClN4O/c1-10-17-12(6-7-22-10)13-8-11(20)9-14(18(13)24(17)2)15-4-5-16(25-3)19(21)23-15/h4-9H,1-3H3,(H2,21,23). The molecule has 2 N–H and O–H groups in total. The van der Waals surface area contributed by atoms with Gasteiger partial charge >= 0.3 is 0 Å². The lowest BCUT2D eigenvalue weighted by molar-refractivity contribution is 0.415. The number of hydrogen-bond acceptors (Lipinski definition) is 4. The van der Waals surface area contributed by atoms with Crippen LogP contribution in [0.3, 0.4) is 0 Å². The molecule has 0 atom stereocenters. The van der Waals surface area contributed by atoms with E-state index in [1.807, 2.05) is 50.5 Å². The molecule has 0 aliphatic carbocycles. The molecule has 0 spiro atoms. The van der Waals surface area contributed by atoms with Crippen molar-refractivity contribution in [2.75, 3.05) is 12.8 Å². The number of fused-ring (bicyclic) bond motifs is 3. The lowest BCUT2D eigenvalue weighted by Gasteiger charge is -2.10. The van der Waals surface area contributed by atoms with Crippen LogP contribution in [0.15, 0.2) is 36.5 Å². The number of rotatable bonds is 2. The maximum atomic E-state index is 6.41. The number of aromatic nitrogens is 3. The second-order valence-electron chi connectivity index (χ2n) is 5.99. The third-order valence-corrected chi connectivity index (χ3v) is 4.74. The summed E-state index contributed by atoms with van der Waals surface area (Å²) in [6, 6.07) is 9.62. The minimum atomic E-state index is 0.352. The van der Waals surface area contributed by atoms with Crippen molar-refractivity contribution in [2.24, 2.45) is 7.05 Å². The number of aryl methyl sites for hydroxylation is 2. The molecule has 3 heterocycles. The third kappa shape index (κ3) is 2.31. The zero-order chi connectivity index (χ0) is 17.7. The van der Waals surface area contributed by atoms with Crippen LogP contribution in [0.25, 0.3) is 33.1 Å². The van der Waals surface area contributed by atoms with Crippen LogP contribution in [0.2, 0.25) is 5.02 Å². The number of ether oxygens (including phenoxy) is 1. The molecule has 0 fully saturated rings. The second-order valence-corrected chi connectivity index (χ2v) is 6.42. The van der Waals surface area contributed by atoms with Crippen LogP contribution in [0, 0.1) is 6.92 Å². The Morgan fingerprint density at radius 1 is 1.12 bits per heavy atom. The molecule has 6 heteroatoms. The summed E-state index contributed by atoms with van der Waals surface area (Å²) in [4.78, 5) is 8.92. The van der Waals surface area contributed by atoms with Gasteiger partial charge in [0.1, 0.15) is 0 Å². The molecule has 0 aliphatic rings. The Balaban J connectivity index is 2.13. The highest BCUT2D eigenvalue weighted by atomic mass is 35.5. The van der Waals surface area contributed by atoms with Crippen LogP contribution in [-0.4, -0.2) is 21.6 Å². The molecular weight excluding hydrogens is 336 g/mol. The summed E-state index contributed by atoms with van der Waals surface area (Å²) in [5.74, 6) is 0.906. The van der Waals surface area contributed by atoms with E-state index in [2.05, 4.69) is 14.5 Å². The number of methoxy groups -OCH3 is 1.